The van der Waals surface area contributed by atoms with Crippen LogP contribution >= 0.6 is 11.6 Å². The molecule has 0 spiro atoms. The van der Waals surface area contributed by atoms with Crippen molar-refractivity contribution in [2.24, 2.45) is 0 Å². The predicted molar refractivity (Wildman–Crippen MR) is 77.0 cm³/mol. The molecule has 2 aromatic rings. The van der Waals surface area contributed by atoms with Crippen LogP contribution in [0.2, 0.25) is 5.02 Å². The van der Waals surface area contributed by atoms with Crippen molar-refractivity contribution in [3.05, 3.63) is 53.4 Å². The largest absolute Gasteiger partial charge is 0.448 e. The number of carbonyl (C=O) groups excluding carboxylic acids is 2. The molecular weight excluding hydrogens is 294 g/mol. The molecule has 2 rings (SSSR count). The Kier molecular flexibility index (Phi) is 4.84. The van der Waals surface area contributed by atoms with Gasteiger partial charge in [-0.05, 0) is 31.2 Å². The average molecular weight is 306 g/mol. The lowest BCUT2D eigenvalue weighted by Crippen LogP contribution is -2.30. The summed E-state index contributed by atoms with van der Waals surface area (Å²) in [5, 5.41) is 2.98. The summed E-state index contributed by atoms with van der Waals surface area (Å²) in [6.07, 6.45) is 1.90. The number of amides is 1. The van der Waals surface area contributed by atoms with Gasteiger partial charge in [0.05, 0.1) is 5.02 Å². The summed E-state index contributed by atoms with van der Waals surface area (Å²) in [6.45, 7) is 1.46. The van der Waals surface area contributed by atoms with Gasteiger partial charge in [-0.1, -0.05) is 17.7 Å². The first-order chi connectivity index (χ1) is 10.1. The molecule has 6 nitrogen and oxygen atoms in total. The van der Waals surface area contributed by atoms with Crippen molar-refractivity contribution in [2.45, 2.75) is 13.0 Å². The van der Waals surface area contributed by atoms with Crippen LogP contribution in [-0.4, -0.2) is 27.9 Å². The van der Waals surface area contributed by atoms with Crippen LogP contribution in [0.1, 0.15) is 17.4 Å². The minimum atomic E-state index is -0.975. The van der Waals surface area contributed by atoms with E-state index in [0.29, 0.717) is 10.8 Å². The quantitative estimate of drug-likeness (QED) is 0.877. The zero-order chi connectivity index (χ0) is 15.2. The molecule has 108 valence electrons. The van der Waals surface area contributed by atoms with Crippen molar-refractivity contribution in [2.75, 3.05) is 5.32 Å². The maximum atomic E-state index is 11.9. The Morgan fingerprint density at radius 2 is 2.05 bits per heavy atom. The van der Waals surface area contributed by atoms with Gasteiger partial charge >= 0.3 is 5.97 Å². The third-order valence-electron chi connectivity index (χ3n) is 2.51. The van der Waals surface area contributed by atoms with E-state index >= 15 is 0 Å². The van der Waals surface area contributed by atoms with Gasteiger partial charge in [-0.25, -0.2) is 14.8 Å². The third-order valence-corrected chi connectivity index (χ3v) is 2.73. The number of halogens is 1. The molecule has 2 heterocycles. The maximum Gasteiger partial charge on any atom is 0.357 e. The number of hydrogen-bond acceptors (Lipinski definition) is 5. The molecule has 0 aromatic carbocycles. The van der Waals surface area contributed by atoms with E-state index in [0.717, 1.165) is 0 Å². The fourth-order valence-corrected chi connectivity index (χ4v) is 1.55. The number of ether oxygens (including phenoxy) is 1. The van der Waals surface area contributed by atoms with Gasteiger partial charge in [-0.3, -0.25) is 4.79 Å². The number of nitrogens with one attached hydrogen (secondary N) is 1. The maximum absolute atomic E-state index is 11.9. The summed E-state index contributed by atoms with van der Waals surface area (Å²) in [5.41, 5.74) is 0.141. The van der Waals surface area contributed by atoms with E-state index in [9.17, 15) is 9.59 Å². The first-order valence-corrected chi connectivity index (χ1v) is 6.48. The zero-order valence-electron chi connectivity index (χ0n) is 11.1. The second-order valence-corrected chi connectivity index (χ2v) is 4.55. The molecule has 21 heavy (non-hydrogen) atoms. The van der Waals surface area contributed by atoms with Gasteiger partial charge < -0.3 is 10.1 Å². The molecular formula is C14H12ClN3O3. The summed E-state index contributed by atoms with van der Waals surface area (Å²) in [4.78, 5) is 31.4. The predicted octanol–water partition coefficient (Wildman–Crippen LogP) is 2.31. The first-order valence-electron chi connectivity index (χ1n) is 6.10. The van der Waals surface area contributed by atoms with Crippen molar-refractivity contribution in [1.82, 2.24) is 9.97 Å². The van der Waals surface area contributed by atoms with Gasteiger partial charge in [-0.2, -0.15) is 0 Å². The van der Waals surface area contributed by atoms with Gasteiger partial charge in [0.15, 0.2) is 6.10 Å². The molecule has 0 saturated heterocycles. The van der Waals surface area contributed by atoms with Crippen molar-refractivity contribution < 1.29 is 14.3 Å². The van der Waals surface area contributed by atoms with Crippen molar-refractivity contribution in [3.8, 4) is 0 Å². The Hall–Kier alpha value is -2.47. The SMILES string of the molecule is C[C@@H](OC(=O)c1ccccn1)C(=O)Nc1ccc(Cl)cn1. The lowest BCUT2D eigenvalue weighted by Gasteiger charge is -2.12. The second kappa shape index (κ2) is 6.81. The van der Waals surface area contributed by atoms with Gasteiger partial charge in [0.25, 0.3) is 5.91 Å². The highest BCUT2D eigenvalue weighted by molar-refractivity contribution is 6.30. The standard InChI is InChI=1S/C14H12ClN3O3/c1-9(21-14(20)11-4-2-3-7-16-11)13(19)18-12-6-5-10(15)8-17-12/h2-9H,1H3,(H,17,18,19)/t9-/m1/s1. The molecule has 0 fully saturated rings. The van der Waals surface area contributed by atoms with Gasteiger partial charge in [0.2, 0.25) is 0 Å². The molecule has 0 unspecified atom stereocenters. The van der Waals surface area contributed by atoms with Crippen LogP contribution in [0.5, 0.6) is 0 Å². The molecule has 7 heteroatoms. The summed E-state index contributed by atoms with van der Waals surface area (Å²) in [7, 11) is 0. The van der Waals surface area contributed by atoms with Gasteiger partial charge in [0.1, 0.15) is 11.5 Å². The van der Waals surface area contributed by atoms with Gasteiger partial charge in [-0.15, -0.1) is 0 Å². The lowest BCUT2D eigenvalue weighted by molar-refractivity contribution is -0.123. The fourth-order valence-electron chi connectivity index (χ4n) is 1.44. The highest BCUT2D eigenvalue weighted by Crippen LogP contribution is 2.10. The highest BCUT2D eigenvalue weighted by Gasteiger charge is 2.19. The minimum Gasteiger partial charge on any atom is -0.448 e. The van der Waals surface area contributed by atoms with Crippen LogP contribution < -0.4 is 5.32 Å². The molecule has 0 aliphatic rings. The van der Waals surface area contributed by atoms with Gasteiger partial charge in [0, 0.05) is 12.4 Å². The topological polar surface area (TPSA) is 81.2 Å². The number of anilines is 1. The first kappa shape index (κ1) is 14.9. The summed E-state index contributed by atoms with van der Waals surface area (Å²) in [5.74, 6) is -0.832. The monoisotopic (exact) mass is 305 g/mol. The molecule has 1 N–H and O–H groups in total. The Labute approximate surface area is 126 Å². The number of esters is 1. The average Bonchev–Trinajstić information content (AvgIpc) is 2.50. The van der Waals surface area contributed by atoms with Crippen LogP contribution in [0.25, 0.3) is 0 Å². The molecule has 0 aliphatic carbocycles. The second-order valence-electron chi connectivity index (χ2n) is 4.11. The highest BCUT2D eigenvalue weighted by atomic mass is 35.5. The molecule has 0 radical (unpaired) electrons. The zero-order valence-corrected chi connectivity index (χ0v) is 11.9. The molecule has 1 atom stereocenters. The number of nitrogens with zero attached hydrogens (tertiary/aromatic N) is 2. The number of hydrogen-bond donors (Lipinski definition) is 1. The smallest absolute Gasteiger partial charge is 0.357 e. The van der Waals surface area contributed by atoms with Crippen molar-refractivity contribution >= 4 is 29.3 Å². The minimum absolute atomic E-state index is 0.141. The van der Waals surface area contributed by atoms with Crippen molar-refractivity contribution in [3.63, 3.8) is 0 Å². The van der Waals surface area contributed by atoms with Crippen LogP contribution in [0.4, 0.5) is 5.82 Å². The Balaban J connectivity index is 1.93. The number of aromatic nitrogens is 2. The van der Waals surface area contributed by atoms with E-state index in [-0.39, 0.29) is 5.69 Å². The number of carbonyl (C=O) groups is 2. The van der Waals surface area contributed by atoms with Crippen LogP contribution in [0.3, 0.4) is 0 Å². The van der Waals surface area contributed by atoms with Crippen molar-refractivity contribution in [1.29, 1.82) is 0 Å². The normalized spacial score (nSPS) is 11.5. The van der Waals surface area contributed by atoms with Crippen LogP contribution in [0, 0.1) is 0 Å². The van der Waals surface area contributed by atoms with E-state index < -0.39 is 18.0 Å². The summed E-state index contributed by atoms with van der Waals surface area (Å²) in [6, 6.07) is 7.99. The van der Waals surface area contributed by atoms with E-state index in [1.165, 1.54) is 25.4 Å². The number of rotatable bonds is 4. The molecule has 0 aliphatic heterocycles. The molecule has 1 amide bonds. The summed E-state index contributed by atoms with van der Waals surface area (Å²) < 4.78 is 5.03. The Morgan fingerprint density at radius 3 is 2.67 bits per heavy atom. The van der Waals surface area contributed by atoms with E-state index in [1.54, 1.807) is 24.3 Å². The summed E-state index contributed by atoms with van der Waals surface area (Å²) >= 11 is 5.70. The lowest BCUT2D eigenvalue weighted by atomic mass is 10.3. The Morgan fingerprint density at radius 1 is 1.24 bits per heavy atom. The third kappa shape index (κ3) is 4.25. The molecule has 0 bridgehead atoms. The fraction of sp³-hybridized carbons (Fsp3) is 0.143. The van der Waals surface area contributed by atoms with Crippen LogP contribution in [-0.2, 0) is 9.53 Å². The van der Waals surface area contributed by atoms with E-state index in [2.05, 4.69) is 15.3 Å². The van der Waals surface area contributed by atoms with E-state index in [4.69, 9.17) is 16.3 Å². The van der Waals surface area contributed by atoms with E-state index in [1.807, 2.05) is 0 Å². The molecule has 0 saturated carbocycles. The molecule has 2 aromatic heterocycles. The Bertz CT molecular complexity index is 632. The number of pyridine rings is 2. The van der Waals surface area contributed by atoms with Crippen LogP contribution in [0.15, 0.2) is 42.7 Å².